The Morgan fingerprint density at radius 2 is 1.76 bits per heavy atom. The largest absolute Gasteiger partial charge is 0.426 e. The molecule has 1 aliphatic rings. The molecule has 0 atom stereocenters. The first-order chi connectivity index (χ1) is 18.0. The molecule has 0 saturated carbocycles. The highest BCUT2D eigenvalue weighted by molar-refractivity contribution is 7.62. The van der Waals surface area contributed by atoms with Crippen LogP contribution in [0.25, 0.3) is 22.4 Å². The van der Waals surface area contributed by atoms with Crippen LogP contribution in [-0.2, 0) is 18.3 Å². The van der Waals surface area contributed by atoms with Crippen LogP contribution in [0.1, 0.15) is 13.8 Å². The number of fused-ring (bicyclic) bond motifs is 1. The van der Waals surface area contributed by atoms with Crippen LogP contribution in [-0.4, -0.2) is 54.5 Å². The van der Waals surface area contributed by atoms with Crippen LogP contribution in [0, 0.1) is 0 Å². The number of hydrogen-bond acceptors (Lipinski definition) is 8. The van der Waals surface area contributed by atoms with Crippen molar-refractivity contribution in [3.05, 3.63) is 59.6 Å². The van der Waals surface area contributed by atoms with Gasteiger partial charge in [0.2, 0.25) is 0 Å². The van der Waals surface area contributed by atoms with E-state index in [-0.39, 0.29) is 19.2 Å². The van der Waals surface area contributed by atoms with E-state index in [1.165, 1.54) is 0 Å². The van der Waals surface area contributed by atoms with Crippen LogP contribution < -0.4 is 14.9 Å². The smallest absolute Gasteiger partial charge is 0.361 e. The van der Waals surface area contributed by atoms with E-state index >= 15 is 0 Å². The van der Waals surface area contributed by atoms with Crippen LogP contribution in [0.3, 0.4) is 0 Å². The molecule has 0 amide bonds. The van der Waals surface area contributed by atoms with E-state index in [0.717, 1.165) is 37.6 Å². The van der Waals surface area contributed by atoms with Gasteiger partial charge in [0, 0.05) is 24.3 Å². The standard InChI is InChI=1S/C26H28ClN4O5P/c1-3-34-37(32,35-4-2)21-7-5-6-20(16-21)36-26-28-23-17-22(27)24(29-25(23)30-26)18-8-10-19(11-9-18)31-12-14-33-15-13-31/h5-11,16-17H,3-4,12-15H2,1-2H3,(H,28,29,30). The van der Waals surface area contributed by atoms with Crippen molar-refractivity contribution in [2.24, 2.45) is 0 Å². The number of nitrogens with one attached hydrogen (secondary N) is 1. The summed E-state index contributed by atoms with van der Waals surface area (Å²) >= 11 is 6.58. The Bertz CT molecular complexity index is 1410. The highest BCUT2D eigenvalue weighted by Crippen LogP contribution is 2.47. The van der Waals surface area contributed by atoms with Gasteiger partial charge in [0.15, 0.2) is 5.65 Å². The Balaban J connectivity index is 1.38. The zero-order valence-electron chi connectivity index (χ0n) is 20.6. The molecule has 0 unspecified atom stereocenters. The van der Waals surface area contributed by atoms with Crippen molar-refractivity contribution in [3.63, 3.8) is 0 Å². The Hall–Kier alpha value is -2.94. The van der Waals surface area contributed by atoms with E-state index in [0.29, 0.717) is 32.9 Å². The van der Waals surface area contributed by atoms with Crippen LogP contribution in [0.5, 0.6) is 11.8 Å². The second-order valence-electron chi connectivity index (χ2n) is 8.31. The second-order valence-corrected chi connectivity index (χ2v) is 10.7. The molecule has 0 spiro atoms. The third kappa shape index (κ3) is 5.66. The maximum atomic E-state index is 13.1. The van der Waals surface area contributed by atoms with Gasteiger partial charge in [-0.1, -0.05) is 29.8 Å². The normalized spacial score (nSPS) is 14.3. The summed E-state index contributed by atoms with van der Waals surface area (Å²) < 4.78 is 35.4. The number of benzene rings is 2. The van der Waals surface area contributed by atoms with Crippen molar-refractivity contribution >= 4 is 41.4 Å². The predicted octanol–water partition coefficient (Wildman–Crippen LogP) is 5.80. The topological polar surface area (TPSA) is 98.8 Å². The maximum absolute atomic E-state index is 13.1. The molecule has 9 nitrogen and oxygen atoms in total. The van der Waals surface area contributed by atoms with Crippen molar-refractivity contribution in [3.8, 4) is 23.0 Å². The maximum Gasteiger partial charge on any atom is 0.361 e. The zero-order valence-corrected chi connectivity index (χ0v) is 22.3. The Labute approximate surface area is 220 Å². The molecule has 1 saturated heterocycles. The van der Waals surface area contributed by atoms with Crippen LogP contribution in [0.2, 0.25) is 5.02 Å². The van der Waals surface area contributed by atoms with E-state index in [1.54, 1.807) is 44.2 Å². The first kappa shape index (κ1) is 25.7. The summed E-state index contributed by atoms with van der Waals surface area (Å²) in [6, 6.07) is 16.9. The molecule has 5 rings (SSSR count). The van der Waals surface area contributed by atoms with E-state index in [9.17, 15) is 4.57 Å². The van der Waals surface area contributed by atoms with Crippen molar-refractivity contribution in [2.45, 2.75) is 13.8 Å². The van der Waals surface area contributed by atoms with Gasteiger partial charge in [0.25, 0.3) is 0 Å². The van der Waals surface area contributed by atoms with Crippen LogP contribution in [0.15, 0.2) is 54.6 Å². The lowest BCUT2D eigenvalue weighted by molar-refractivity contribution is 0.122. The number of anilines is 1. The highest BCUT2D eigenvalue weighted by Gasteiger charge is 2.27. The Morgan fingerprint density at radius 1 is 1.03 bits per heavy atom. The summed E-state index contributed by atoms with van der Waals surface area (Å²) in [4.78, 5) is 14.6. The van der Waals surface area contributed by atoms with Crippen molar-refractivity contribution < 1.29 is 23.1 Å². The summed E-state index contributed by atoms with van der Waals surface area (Å²) in [6.45, 7) is 7.28. The van der Waals surface area contributed by atoms with Gasteiger partial charge < -0.3 is 23.4 Å². The number of rotatable bonds is 9. The molecule has 0 bridgehead atoms. The molecule has 4 aromatic rings. The average Bonchev–Trinajstić information content (AvgIpc) is 3.30. The molecule has 1 fully saturated rings. The third-order valence-corrected chi connectivity index (χ3v) is 8.26. The Morgan fingerprint density at radius 3 is 2.46 bits per heavy atom. The van der Waals surface area contributed by atoms with Gasteiger partial charge in [-0.2, -0.15) is 4.98 Å². The first-order valence-electron chi connectivity index (χ1n) is 12.2. The van der Waals surface area contributed by atoms with Gasteiger partial charge in [-0.25, -0.2) is 4.98 Å². The van der Waals surface area contributed by atoms with Gasteiger partial charge >= 0.3 is 13.6 Å². The molecule has 3 heterocycles. The van der Waals surface area contributed by atoms with E-state index in [2.05, 4.69) is 27.0 Å². The number of H-pyrrole nitrogens is 1. The van der Waals surface area contributed by atoms with Gasteiger partial charge in [0.1, 0.15) is 11.3 Å². The number of morpholine rings is 1. The number of imidazole rings is 1. The van der Waals surface area contributed by atoms with Crippen LogP contribution in [0.4, 0.5) is 5.69 Å². The lowest BCUT2D eigenvalue weighted by Crippen LogP contribution is -2.36. The van der Waals surface area contributed by atoms with Crippen LogP contribution >= 0.6 is 19.2 Å². The highest BCUT2D eigenvalue weighted by atomic mass is 35.5. The molecule has 194 valence electrons. The lowest BCUT2D eigenvalue weighted by Gasteiger charge is -2.28. The molecule has 11 heteroatoms. The molecule has 0 aliphatic carbocycles. The minimum Gasteiger partial charge on any atom is -0.426 e. The summed E-state index contributed by atoms with van der Waals surface area (Å²) in [6.07, 6.45) is 0. The monoisotopic (exact) mass is 542 g/mol. The minimum atomic E-state index is -3.44. The number of halogens is 1. The SMILES string of the molecule is CCOP(=O)(OCC)c1cccc(Oc2nc3cc(Cl)c(-c4ccc(N5CCOCC5)cc4)nc3[nH]2)c1. The summed E-state index contributed by atoms with van der Waals surface area (Å²) in [5, 5.41) is 0.898. The quantitative estimate of drug-likeness (QED) is 0.265. The number of aromatic amines is 1. The number of pyridine rings is 1. The van der Waals surface area contributed by atoms with Crippen molar-refractivity contribution in [2.75, 3.05) is 44.4 Å². The fourth-order valence-electron chi connectivity index (χ4n) is 4.15. The number of ether oxygens (including phenoxy) is 2. The second kappa shape index (κ2) is 11.2. The molecule has 0 radical (unpaired) electrons. The summed E-state index contributed by atoms with van der Waals surface area (Å²) in [5.41, 5.74) is 3.80. The molecule has 2 aromatic heterocycles. The molecular weight excluding hydrogens is 515 g/mol. The fourth-order valence-corrected chi connectivity index (χ4v) is 6.01. The average molecular weight is 543 g/mol. The number of nitrogens with zero attached hydrogens (tertiary/aromatic N) is 3. The molecular formula is C26H28ClN4O5P. The fraction of sp³-hybridized carbons (Fsp3) is 0.308. The Kier molecular flexibility index (Phi) is 7.79. The summed E-state index contributed by atoms with van der Waals surface area (Å²) in [5.74, 6) is 0.432. The molecule has 1 aliphatic heterocycles. The summed E-state index contributed by atoms with van der Waals surface area (Å²) in [7, 11) is -3.44. The van der Waals surface area contributed by atoms with Crippen molar-refractivity contribution in [1.29, 1.82) is 0 Å². The van der Waals surface area contributed by atoms with Gasteiger partial charge in [0.05, 0.1) is 42.4 Å². The van der Waals surface area contributed by atoms with Gasteiger partial charge in [-0.15, -0.1) is 0 Å². The number of aromatic nitrogens is 3. The van der Waals surface area contributed by atoms with E-state index in [4.69, 9.17) is 35.1 Å². The molecule has 1 N–H and O–H groups in total. The zero-order chi connectivity index (χ0) is 25.8. The van der Waals surface area contributed by atoms with E-state index < -0.39 is 7.60 Å². The lowest BCUT2D eigenvalue weighted by atomic mass is 10.1. The minimum absolute atomic E-state index is 0.234. The van der Waals surface area contributed by atoms with Gasteiger partial charge in [-0.3, -0.25) is 9.55 Å². The van der Waals surface area contributed by atoms with E-state index in [1.807, 2.05) is 12.1 Å². The number of hydrogen-bond donors (Lipinski definition) is 1. The third-order valence-electron chi connectivity index (χ3n) is 5.87. The molecule has 37 heavy (non-hydrogen) atoms. The first-order valence-corrected chi connectivity index (χ1v) is 14.1. The predicted molar refractivity (Wildman–Crippen MR) is 144 cm³/mol. The van der Waals surface area contributed by atoms with Crippen molar-refractivity contribution in [1.82, 2.24) is 15.0 Å². The van der Waals surface area contributed by atoms with Gasteiger partial charge in [-0.05, 0) is 50.2 Å². The molecule has 2 aromatic carbocycles.